The average Bonchev–Trinajstić information content (AvgIpc) is 3.04. The molecule has 0 N–H and O–H groups in total. The number of hydrogen-bond acceptors (Lipinski definition) is 3. The van der Waals surface area contributed by atoms with E-state index in [1.54, 1.807) is 0 Å². The second-order valence-corrected chi connectivity index (χ2v) is 7.67. The molecule has 132 valence electrons. The Bertz CT molecular complexity index is 961. The van der Waals surface area contributed by atoms with Gasteiger partial charge in [-0.25, -0.2) is 14.3 Å². The Kier molecular flexibility index (Phi) is 5.34. The van der Waals surface area contributed by atoms with Gasteiger partial charge in [-0.05, 0) is 49.2 Å². The van der Waals surface area contributed by atoms with Crippen LogP contribution in [0.1, 0.15) is 11.1 Å². The topological polar surface area (TPSA) is 33.2 Å². The average molecular weight is 431 g/mol. The number of carbonyl (C=O) groups is 1. The van der Waals surface area contributed by atoms with Gasteiger partial charge in [0.1, 0.15) is 0 Å². The Morgan fingerprint density at radius 2 is 1.77 bits per heavy atom. The van der Waals surface area contributed by atoms with Gasteiger partial charge in [0.2, 0.25) is 0 Å². The molecule has 1 heterocycles. The van der Waals surface area contributed by atoms with Crippen molar-refractivity contribution in [3.05, 3.63) is 75.9 Å². The van der Waals surface area contributed by atoms with E-state index in [1.165, 1.54) is 16.2 Å². The van der Waals surface area contributed by atoms with Crippen LogP contribution in [0.5, 0.6) is 0 Å². The van der Waals surface area contributed by atoms with Crippen molar-refractivity contribution in [1.29, 1.82) is 0 Å². The zero-order chi connectivity index (χ0) is 18.8. The molecule has 26 heavy (non-hydrogen) atoms. The lowest BCUT2D eigenvalue weighted by Crippen LogP contribution is -2.26. The SMILES string of the molecule is C=C(F)C(=O)N(c1cc(C)cc(C)c1)c1nc(-c2ccc(Br)cc2)cs1. The van der Waals surface area contributed by atoms with Crippen molar-refractivity contribution in [2.45, 2.75) is 13.8 Å². The highest BCUT2D eigenvalue weighted by Gasteiger charge is 2.24. The van der Waals surface area contributed by atoms with Crippen molar-refractivity contribution in [2.75, 3.05) is 4.90 Å². The third-order valence-corrected chi connectivity index (χ3v) is 5.08. The molecule has 3 rings (SSSR count). The van der Waals surface area contributed by atoms with Crippen LogP contribution in [-0.4, -0.2) is 10.9 Å². The summed E-state index contributed by atoms with van der Waals surface area (Å²) in [6.07, 6.45) is 0. The summed E-state index contributed by atoms with van der Waals surface area (Å²) in [6, 6.07) is 13.4. The van der Waals surface area contributed by atoms with E-state index >= 15 is 0 Å². The van der Waals surface area contributed by atoms with E-state index in [2.05, 4.69) is 27.5 Å². The molecular formula is C20H16BrFN2OS. The Balaban J connectivity index is 2.07. The lowest BCUT2D eigenvalue weighted by Gasteiger charge is -2.20. The van der Waals surface area contributed by atoms with Crippen molar-refractivity contribution >= 4 is 44.0 Å². The van der Waals surface area contributed by atoms with Crippen LogP contribution in [0.4, 0.5) is 15.2 Å². The highest BCUT2D eigenvalue weighted by atomic mass is 79.9. The lowest BCUT2D eigenvalue weighted by molar-refractivity contribution is -0.115. The van der Waals surface area contributed by atoms with Crippen molar-refractivity contribution in [1.82, 2.24) is 4.98 Å². The van der Waals surface area contributed by atoms with Crippen LogP contribution in [0.25, 0.3) is 11.3 Å². The highest BCUT2D eigenvalue weighted by Crippen LogP contribution is 2.34. The summed E-state index contributed by atoms with van der Waals surface area (Å²) in [5.74, 6) is -1.84. The van der Waals surface area contributed by atoms with Crippen LogP contribution in [0, 0.1) is 13.8 Å². The number of hydrogen-bond donors (Lipinski definition) is 0. The molecule has 0 aliphatic rings. The number of rotatable bonds is 4. The van der Waals surface area contributed by atoms with E-state index in [0.29, 0.717) is 10.8 Å². The van der Waals surface area contributed by atoms with Crippen molar-refractivity contribution in [2.24, 2.45) is 0 Å². The third kappa shape index (κ3) is 3.92. The molecule has 6 heteroatoms. The van der Waals surface area contributed by atoms with Gasteiger partial charge < -0.3 is 0 Å². The third-order valence-electron chi connectivity index (χ3n) is 3.72. The van der Waals surface area contributed by atoms with Gasteiger partial charge in [-0.15, -0.1) is 11.3 Å². The number of aryl methyl sites for hydroxylation is 2. The maximum Gasteiger partial charge on any atom is 0.292 e. The van der Waals surface area contributed by atoms with E-state index in [9.17, 15) is 9.18 Å². The first kappa shape index (κ1) is 18.5. The molecule has 0 radical (unpaired) electrons. The maximum atomic E-state index is 13.7. The van der Waals surface area contributed by atoms with Crippen molar-refractivity contribution in [3.63, 3.8) is 0 Å². The summed E-state index contributed by atoms with van der Waals surface area (Å²) in [6.45, 7) is 7.02. The largest absolute Gasteiger partial charge is 0.292 e. The van der Waals surface area contributed by atoms with Gasteiger partial charge in [-0.2, -0.15) is 0 Å². The summed E-state index contributed by atoms with van der Waals surface area (Å²) in [7, 11) is 0. The predicted octanol–water partition coefficient (Wildman–Crippen LogP) is 6.34. The molecule has 2 aromatic carbocycles. The fourth-order valence-electron chi connectivity index (χ4n) is 2.64. The fourth-order valence-corrected chi connectivity index (χ4v) is 3.75. The van der Waals surface area contributed by atoms with Crippen LogP contribution in [0.3, 0.4) is 0 Å². The van der Waals surface area contributed by atoms with E-state index in [4.69, 9.17) is 0 Å². The van der Waals surface area contributed by atoms with Crippen LogP contribution in [0.15, 0.2) is 64.7 Å². The van der Waals surface area contributed by atoms with E-state index in [0.717, 1.165) is 26.9 Å². The van der Waals surface area contributed by atoms with Crippen LogP contribution >= 0.6 is 27.3 Å². The molecule has 3 nitrogen and oxygen atoms in total. The molecule has 0 aliphatic carbocycles. The second-order valence-electron chi connectivity index (χ2n) is 5.91. The van der Waals surface area contributed by atoms with Crippen LogP contribution in [-0.2, 0) is 4.79 Å². The summed E-state index contributed by atoms with van der Waals surface area (Å²) in [4.78, 5) is 18.3. The monoisotopic (exact) mass is 430 g/mol. The lowest BCUT2D eigenvalue weighted by atomic mass is 10.1. The number of anilines is 2. The summed E-state index contributed by atoms with van der Waals surface area (Å²) >= 11 is 4.69. The smallest absolute Gasteiger partial charge is 0.266 e. The molecule has 0 unspecified atom stereocenters. The van der Waals surface area contributed by atoms with Gasteiger partial charge in [0.15, 0.2) is 11.0 Å². The number of carbonyl (C=O) groups excluding carboxylic acids is 1. The van der Waals surface area contributed by atoms with Crippen LogP contribution in [0.2, 0.25) is 0 Å². The summed E-state index contributed by atoms with van der Waals surface area (Å²) in [5, 5.41) is 2.25. The molecule has 0 saturated carbocycles. The van der Waals surface area contributed by atoms with Gasteiger partial charge in [0.25, 0.3) is 5.91 Å². The Labute approximate surface area is 163 Å². The van der Waals surface area contributed by atoms with Gasteiger partial charge in [-0.3, -0.25) is 4.79 Å². The fraction of sp³-hybridized carbons (Fsp3) is 0.100. The molecule has 0 bridgehead atoms. The zero-order valence-electron chi connectivity index (χ0n) is 14.3. The number of benzene rings is 2. The highest BCUT2D eigenvalue weighted by molar-refractivity contribution is 9.10. The first-order valence-electron chi connectivity index (χ1n) is 7.84. The van der Waals surface area contributed by atoms with E-state index in [-0.39, 0.29) is 0 Å². The molecule has 1 aromatic heterocycles. The molecule has 0 atom stereocenters. The molecule has 0 saturated heterocycles. The molecular weight excluding hydrogens is 415 g/mol. The Morgan fingerprint density at radius 1 is 1.15 bits per heavy atom. The van der Waals surface area contributed by atoms with Crippen molar-refractivity contribution < 1.29 is 9.18 Å². The van der Waals surface area contributed by atoms with Gasteiger partial charge in [-0.1, -0.05) is 40.7 Å². The number of amides is 1. The molecule has 0 spiro atoms. The first-order chi connectivity index (χ1) is 12.3. The Morgan fingerprint density at radius 3 is 2.35 bits per heavy atom. The van der Waals surface area contributed by atoms with Gasteiger partial charge >= 0.3 is 0 Å². The minimum Gasteiger partial charge on any atom is -0.266 e. The zero-order valence-corrected chi connectivity index (χ0v) is 16.7. The molecule has 1 amide bonds. The summed E-state index contributed by atoms with van der Waals surface area (Å²) < 4.78 is 14.6. The molecule has 0 aliphatic heterocycles. The molecule has 3 aromatic rings. The molecule has 0 fully saturated rings. The second kappa shape index (κ2) is 7.51. The summed E-state index contributed by atoms with van der Waals surface area (Å²) in [5.41, 5.74) is 4.17. The standard InChI is InChI=1S/C20H16BrFN2OS/c1-12-8-13(2)10-17(9-12)24(19(25)14(3)22)20-23-18(11-26-20)15-4-6-16(21)7-5-15/h4-11H,3H2,1-2H3. The minimum absolute atomic E-state index is 0.400. The van der Waals surface area contributed by atoms with Crippen molar-refractivity contribution in [3.8, 4) is 11.3 Å². The Hall–Kier alpha value is -2.31. The quantitative estimate of drug-likeness (QED) is 0.452. The predicted molar refractivity (Wildman–Crippen MR) is 109 cm³/mol. The van der Waals surface area contributed by atoms with Gasteiger partial charge in [0, 0.05) is 15.4 Å². The normalized spacial score (nSPS) is 10.6. The number of thiazole rings is 1. The number of halogens is 2. The van der Waals surface area contributed by atoms with Crippen LogP contribution < -0.4 is 4.90 Å². The van der Waals surface area contributed by atoms with E-state index in [1.807, 2.05) is 61.7 Å². The van der Waals surface area contributed by atoms with Gasteiger partial charge in [0.05, 0.1) is 11.4 Å². The first-order valence-corrected chi connectivity index (χ1v) is 9.51. The number of aromatic nitrogens is 1. The minimum atomic E-state index is -1.02. The van der Waals surface area contributed by atoms with E-state index < -0.39 is 11.7 Å². The number of nitrogens with zero attached hydrogens (tertiary/aromatic N) is 2. The maximum absolute atomic E-state index is 13.7.